The summed E-state index contributed by atoms with van der Waals surface area (Å²) in [7, 11) is -3.45. The van der Waals surface area contributed by atoms with Crippen LogP contribution in [0.4, 0.5) is 10.1 Å². The molecule has 6 nitrogen and oxygen atoms in total. The monoisotopic (exact) mass is 389 g/mol. The lowest BCUT2D eigenvalue weighted by Crippen LogP contribution is -2.24. The molecule has 3 rings (SSSR count). The highest BCUT2D eigenvalue weighted by Gasteiger charge is 2.32. The summed E-state index contributed by atoms with van der Waals surface area (Å²) in [5, 5.41) is 5.78. The molecule has 142 valence electrons. The lowest BCUT2D eigenvalue weighted by Gasteiger charge is -2.20. The van der Waals surface area contributed by atoms with Crippen LogP contribution in [0.2, 0.25) is 0 Å². The molecular formula is C19H20FN3O3S. The predicted octanol–water partition coefficient (Wildman–Crippen LogP) is 3.28. The van der Waals surface area contributed by atoms with Gasteiger partial charge in [-0.15, -0.1) is 0 Å². The Labute approximate surface area is 157 Å². The van der Waals surface area contributed by atoms with Crippen LogP contribution in [0.5, 0.6) is 0 Å². The molecule has 27 heavy (non-hydrogen) atoms. The van der Waals surface area contributed by atoms with E-state index in [9.17, 15) is 17.6 Å². The first-order valence-electron chi connectivity index (χ1n) is 8.53. The molecule has 0 radical (unpaired) electrons. The lowest BCUT2D eigenvalue weighted by molar-refractivity contribution is -0.130. The molecule has 0 saturated heterocycles. The molecule has 8 heteroatoms. The van der Waals surface area contributed by atoms with E-state index in [4.69, 9.17) is 0 Å². The minimum Gasteiger partial charge on any atom is -0.283 e. The van der Waals surface area contributed by atoms with Crippen LogP contribution in [-0.2, 0) is 14.8 Å². The first kappa shape index (κ1) is 19.0. The van der Waals surface area contributed by atoms with Crippen molar-refractivity contribution < 1.29 is 17.6 Å². The van der Waals surface area contributed by atoms with Crippen LogP contribution < -0.4 is 4.72 Å². The van der Waals surface area contributed by atoms with Gasteiger partial charge >= 0.3 is 0 Å². The maximum absolute atomic E-state index is 13.2. The zero-order valence-corrected chi connectivity index (χ0v) is 15.8. The minimum absolute atomic E-state index is 0.0500. The van der Waals surface area contributed by atoms with Gasteiger partial charge in [-0.2, -0.15) is 5.10 Å². The first-order chi connectivity index (χ1) is 12.8. The van der Waals surface area contributed by atoms with Gasteiger partial charge in [-0.05, 0) is 30.7 Å². The third kappa shape index (κ3) is 4.16. The fourth-order valence-corrected chi connectivity index (χ4v) is 3.63. The van der Waals surface area contributed by atoms with Crippen LogP contribution >= 0.6 is 0 Å². The highest BCUT2D eigenvalue weighted by Crippen LogP contribution is 2.34. The van der Waals surface area contributed by atoms with Crippen molar-refractivity contribution in [3.8, 4) is 0 Å². The Balaban J connectivity index is 1.97. The average molecular weight is 389 g/mol. The average Bonchev–Trinajstić information content (AvgIpc) is 3.08. The third-order valence-corrected chi connectivity index (χ3v) is 5.66. The second kappa shape index (κ2) is 7.48. The molecule has 0 fully saturated rings. The molecule has 0 unspecified atom stereocenters. The molecule has 1 heterocycles. The number of nitrogens with zero attached hydrogens (tertiary/aromatic N) is 2. The number of nitrogens with one attached hydrogen (secondary N) is 1. The molecule has 2 aromatic rings. The maximum Gasteiger partial charge on any atom is 0.240 e. The van der Waals surface area contributed by atoms with Crippen LogP contribution in [0.1, 0.15) is 37.4 Å². The van der Waals surface area contributed by atoms with Gasteiger partial charge in [0.15, 0.2) is 0 Å². The lowest BCUT2D eigenvalue weighted by atomic mass is 9.97. The van der Waals surface area contributed by atoms with Gasteiger partial charge in [0.05, 0.1) is 23.2 Å². The fraction of sp³-hybridized carbons (Fsp3) is 0.263. The molecule has 1 aliphatic rings. The number of sulfonamides is 1. The van der Waals surface area contributed by atoms with Crippen LogP contribution in [0.15, 0.2) is 53.6 Å². The zero-order valence-electron chi connectivity index (χ0n) is 15.0. The van der Waals surface area contributed by atoms with E-state index in [0.717, 1.165) is 5.56 Å². The second-order valence-corrected chi connectivity index (χ2v) is 8.24. The van der Waals surface area contributed by atoms with Gasteiger partial charge in [0.1, 0.15) is 5.82 Å². The van der Waals surface area contributed by atoms with Gasteiger partial charge in [-0.1, -0.05) is 30.3 Å². The predicted molar refractivity (Wildman–Crippen MR) is 102 cm³/mol. The molecule has 0 aliphatic carbocycles. The van der Waals surface area contributed by atoms with Crippen molar-refractivity contribution >= 4 is 27.3 Å². The Morgan fingerprint density at radius 1 is 1.22 bits per heavy atom. The Kier molecular flexibility index (Phi) is 5.27. The topological polar surface area (TPSA) is 78.8 Å². The molecule has 1 aliphatic heterocycles. The molecule has 2 aromatic carbocycles. The van der Waals surface area contributed by atoms with Gasteiger partial charge in [0.2, 0.25) is 15.9 Å². The van der Waals surface area contributed by atoms with Crippen LogP contribution in [0.25, 0.3) is 0 Å². The van der Waals surface area contributed by atoms with Gasteiger partial charge in [0, 0.05) is 18.9 Å². The van der Waals surface area contributed by atoms with Crippen molar-refractivity contribution in [2.24, 2.45) is 5.10 Å². The number of anilines is 1. The summed E-state index contributed by atoms with van der Waals surface area (Å²) in [6, 6.07) is 12.5. The highest BCUT2D eigenvalue weighted by molar-refractivity contribution is 7.92. The normalized spacial score (nSPS) is 16.9. The van der Waals surface area contributed by atoms with Crippen molar-refractivity contribution in [1.82, 2.24) is 5.01 Å². The summed E-state index contributed by atoms with van der Waals surface area (Å²) in [4.78, 5) is 12.1. The SMILES string of the molecule is CCS(=O)(=O)Nc1ccccc1C1=NN(C(C)=O)[C@@H](c2ccc(F)cc2)C1. The van der Waals surface area contributed by atoms with E-state index in [0.29, 0.717) is 23.4 Å². The standard InChI is InChI=1S/C19H20FN3O3S/c1-3-27(25,26)22-17-7-5-4-6-16(17)18-12-19(23(21-18)13(2)24)14-8-10-15(20)11-9-14/h4-11,19,22H,3,12H2,1-2H3/t19-/m1/s1. The van der Waals surface area contributed by atoms with Gasteiger partial charge in [0.25, 0.3) is 0 Å². The molecular weight excluding hydrogens is 369 g/mol. The van der Waals surface area contributed by atoms with E-state index >= 15 is 0 Å². The Bertz CT molecular complexity index is 988. The molecule has 0 bridgehead atoms. The van der Waals surface area contributed by atoms with Crippen molar-refractivity contribution in [3.05, 3.63) is 65.5 Å². The quantitative estimate of drug-likeness (QED) is 0.852. The van der Waals surface area contributed by atoms with Gasteiger partial charge < -0.3 is 0 Å². The number of hydrazone groups is 1. The van der Waals surface area contributed by atoms with E-state index in [-0.39, 0.29) is 23.5 Å². The van der Waals surface area contributed by atoms with E-state index in [1.807, 2.05) is 0 Å². The summed E-state index contributed by atoms with van der Waals surface area (Å²) in [5.41, 5.74) is 2.39. The van der Waals surface area contributed by atoms with Crippen LogP contribution in [-0.4, -0.2) is 30.8 Å². The van der Waals surface area contributed by atoms with Gasteiger partial charge in [-0.3, -0.25) is 9.52 Å². The summed E-state index contributed by atoms with van der Waals surface area (Å²) in [6.45, 7) is 2.97. The maximum atomic E-state index is 13.2. The summed E-state index contributed by atoms with van der Waals surface area (Å²) >= 11 is 0. The second-order valence-electron chi connectivity index (χ2n) is 6.23. The number of para-hydroxylation sites is 1. The number of hydrogen-bond acceptors (Lipinski definition) is 4. The van der Waals surface area contributed by atoms with Crippen molar-refractivity contribution in [2.45, 2.75) is 26.3 Å². The number of benzene rings is 2. The zero-order chi connectivity index (χ0) is 19.6. The number of carbonyl (C=O) groups is 1. The van der Waals surface area contributed by atoms with Gasteiger partial charge in [-0.25, -0.2) is 17.8 Å². The van der Waals surface area contributed by atoms with Crippen molar-refractivity contribution in [3.63, 3.8) is 0 Å². The van der Waals surface area contributed by atoms with Crippen molar-refractivity contribution in [2.75, 3.05) is 10.5 Å². The largest absolute Gasteiger partial charge is 0.283 e. The summed E-state index contributed by atoms with van der Waals surface area (Å²) in [6.07, 6.45) is 0.399. The fourth-order valence-electron chi connectivity index (χ4n) is 2.97. The number of hydrogen-bond donors (Lipinski definition) is 1. The Morgan fingerprint density at radius 2 is 1.89 bits per heavy atom. The van der Waals surface area contributed by atoms with E-state index in [2.05, 4.69) is 9.82 Å². The molecule has 1 N–H and O–H groups in total. The summed E-state index contributed by atoms with van der Waals surface area (Å²) in [5.74, 6) is -0.650. The molecule has 1 atom stereocenters. The van der Waals surface area contributed by atoms with Crippen molar-refractivity contribution in [1.29, 1.82) is 0 Å². The van der Waals surface area contributed by atoms with Crippen LogP contribution in [0.3, 0.4) is 0 Å². The van der Waals surface area contributed by atoms with E-state index in [1.54, 1.807) is 43.3 Å². The smallest absolute Gasteiger partial charge is 0.240 e. The van der Waals surface area contributed by atoms with Crippen LogP contribution in [0, 0.1) is 5.82 Å². The Hall–Kier alpha value is -2.74. The number of halogens is 1. The number of carbonyl (C=O) groups excluding carboxylic acids is 1. The molecule has 0 spiro atoms. The van der Waals surface area contributed by atoms with E-state index in [1.165, 1.54) is 24.1 Å². The Morgan fingerprint density at radius 3 is 2.52 bits per heavy atom. The highest BCUT2D eigenvalue weighted by atomic mass is 32.2. The first-order valence-corrected chi connectivity index (χ1v) is 10.2. The third-order valence-electron chi connectivity index (χ3n) is 4.37. The summed E-state index contributed by atoms with van der Waals surface area (Å²) < 4.78 is 39.7. The number of rotatable bonds is 5. The van der Waals surface area contributed by atoms with E-state index < -0.39 is 10.0 Å². The molecule has 0 saturated carbocycles. The molecule has 0 aromatic heterocycles. The number of amides is 1. The molecule has 1 amide bonds. The minimum atomic E-state index is -3.45.